The van der Waals surface area contributed by atoms with Gasteiger partial charge in [0.25, 0.3) is 0 Å². The highest BCUT2D eigenvalue weighted by Gasteiger charge is 2.22. The Hall–Kier alpha value is -0.860. The zero-order chi connectivity index (χ0) is 15.5. The molecule has 2 aromatic heterocycles. The maximum Gasteiger partial charge on any atom is 0.107 e. The average molecular weight is 339 g/mol. The van der Waals surface area contributed by atoms with Gasteiger partial charge < -0.3 is 5.11 Å². The van der Waals surface area contributed by atoms with Gasteiger partial charge in [0.05, 0.1) is 19.2 Å². The largest absolute Gasteiger partial charge is 0.390 e. The predicted molar refractivity (Wildman–Crippen MR) is 90.3 cm³/mol. The smallest absolute Gasteiger partial charge is 0.107 e. The normalized spacial score (nSPS) is 18.7. The Morgan fingerprint density at radius 3 is 1.82 bits per heavy atom. The van der Waals surface area contributed by atoms with Gasteiger partial charge in [0.2, 0.25) is 0 Å². The van der Waals surface area contributed by atoms with E-state index in [2.05, 4.69) is 33.6 Å². The van der Waals surface area contributed by atoms with Crippen molar-refractivity contribution in [3.05, 3.63) is 32.2 Å². The highest BCUT2D eigenvalue weighted by molar-refractivity contribution is 7.11. The number of aryl methyl sites for hydroxylation is 2. The summed E-state index contributed by atoms with van der Waals surface area (Å²) in [6.07, 6.45) is 3.53. The Bertz CT molecular complexity index is 560. The van der Waals surface area contributed by atoms with Crippen molar-refractivity contribution in [1.82, 2.24) is 19.8 Å². The summed E-state index contributed by atoms with van der Waals surface area (Å²) in [6.45, 7) is 9.17. The van der Waals surface area contributed by atoms with Crippen LogP contribution in [0.15, 0.2) is 12.4 Å². The monoisotopic (exact) mass is 338 g/mol. The number of nitrogens with zero attached hydrogens (tertiary/aromatic N) is 4. The van der Waals surface area contributed by atoms with Gasteiger partial charge in [0.1, 0.15) is 10.0 Å². The lowest BCUT2D eigenvalue weighted by atomic mass is 10.3. The third-order valence-electron chi connectivity index (χ3n) is 3.73. The minimum atomic E-state index is -0.315. The van der Waals surface area contributed by atoms with E-state index in [0.29, 0.717) is 13.1 Å². The molecule has 3 heterocycles. The minimum absolute atomic E-state index is 0.315. The molecule has 0 amide bonds. The van der Waals surface area contributed by atoms with E-state index in [-0.39, 0.29) is 6.10 Å². The van der Waals surface area contributed by atoms with E-state index >= 15 is 0 Å². The van der Waals surface area contributed by atoms with Crippen LogP contribution in [0.2, 0.25) is 0 Å². The van der Waals surface area contributed by atoms with Gasteiger partial charge in [0.15, 0.2) is 0 Å². The number of rotatable bonds is 4. The van der Waals surface area contributed by atoms with Gasteiger partial charge in [-0.25, -0.2) is 9.97 Å². The van der Waals surface area contributed by atoms with Crippen molar-refractivity contribution < 1.29 is 5.11 Å². The number of β-amino-alcohol motifs (C(OH)–C–C–N with tert-alkyl or cyclic N) is 1. The van der Waals surface area contributed by atoms with Gasteiger partial charge in [-0.1, -0.05) is 0 Å². The van der Waals surface area contributed by atoms with E-state index in [1.807, 2.05) is 12.4 Å². The van der Waals surface area contributed by atoms with E-state index < -0.39 is 0 Å². The van der Waals surface area contributed by atoms with Crippen LogP contribution in [0.25, 0.3) is 0 Å². The molecule has 7 heteroatoms. The first kappa shape index (κ1) is 16.0. The lowest BCUT2D eigenvalue weighted by Gasteiger charge is -2.19. The minimum Gasteiger partial charge on any atom is -0.390 e. The SMILES string of the molecule is Cc1cnc(CN2CCN(Cc3ncc(C)s3)CC(O)C2)s1. The number of aliphatic hydroxyl groups is 1. The fraction of sp³-hybridized carbons (Fsp3) is 0.600. The molecule has 0 spiro atoms. The molecule has 1 aliphatic heterocycles. The van der Waals surface area contributed by atoms with Crippen LogP contribution in [0.5, 0.6) is 0 Å². The highest BCUT2D eigenvalue weighted by Crippen LogP contribution is 2.17. The van der Waals surface area contributed by atoms with Crippen LogP contribution in [-0.4, -0.2) is 57.2 Å². The molecule has 0 bridgehead atoms. The standard InChI is InChI=1S/C15H22N4OS2/c1-11-5-16-14(21-11)9-18-3-4-19(8-13(20)7-18)10-15-17-6-12(2)22-15/h5-6,13,20H,3-4,7-10H2,1-2H3. The van der Waals surface area contributed by atoms with Gasteiger partial charge in [-0.3, -0.25) is 9.80 Å². The molecule has 0 atom stereocenters. The first-order valence-corrected chi connectivity index (χ1v) is 9.17. The molecular formula is C15H22N4OS2. The average Bonchev–Trinajstić information content (AvgIpc) is 2.99. The highest BCUT2D eigenvalue weighted by atomic mass is 32.1. The number of thiazole rings is 2. The Labute approximate surface area is 139 Å². The van der Waals surface area contributed by atoms with Crippen molar-refractivity contribution in [1.29, 1.82) is 0 Å². The third kappa shape index (κ3) is 4.33. The molecule has 22 heavy (non-hydrogen) atoms. The van der Waals surface area contributed by atoms with E-state index in [1.54, 1.807) is 22.7 Å². The molecule has 1 fully saturated rings. The van der Waals surface area contributed by atoms with Crippen LogP contribution in [0, 0.1) is 13.8 Å². The zero-order valence-electron chi connectivity index (χ0n) is 13.0. The quantitative estimate of drug-likeness (QED) is 0.923. The lowest BCUT2D eigenvalue weighted by Crippen LogP contribution is -2.33. The maximum atomic E-state index is 10.3. The Morgan fingerprint density at radius 1 is 1.00 bits per heavy atom. The predicted octanol–water partition coefficient (Wildman–Crippen LogP) is 1.90. The molecule has 120 valence electrons. The van der Waals surface area contributed by atoms with E-state index in [0.717, 1.165) is 36.2 Å². The molecule has 1 N–H and O–H groups in total. The summed E-state index contributed by atoms with van der Waals surface area (Å²) in [5.41, 5.74) is 0. The second-order valence-electron chi connectivity index (χ2n) is 5.85. The van der Waals surface area contributed by atoms with Crippen molar-refractivity contribution in [3.63, 3.8) is 0 Å². The van der Waals surface area contributed by atoms with Gasteiger partial charge in [-0.2, -0.15) is 0 Å². The van der Waals surface area contributed by atoms with Gasteiger partial charge in [-0.05, 0) is 13.8 Å². The Kier molecular flexibility index (Phi) is 5.20. The molecule has 0 unspecified atom stereocenters. The van der Waals surface area contributed by atoms with Crippen LogP contribution in [0.1, 0.15) is 19.8 Å². The summed E-state index contributed by atoms with van der Waals surface area (Å²) in [7, 11) is 0. The van der Waals surface area contributed by atoms with Crippen LogP contribution in [0.4, 0.5) is 0 Å². The van der Waals surface area contributed by atoms with E-state index in [1.165, 1.54) is 9.75 Å². The summed E-state index contributed by atoms with van der Waals surface area (Å²) in [6, 6.07) is 0. The molecule has 0 aliphatic carbocycles. The lowest BCUT2D eigenvalue weighted by molar-refractivity contribution is 0.106. The summed E-state index contributed by atoms with van der Waals surface area (Å²) >= 11 is 3.48. The molecule has 0 radical (unpaired) electrons. The van der Waals surface area contributed by atoms with Gasteiger partial charge in [-0.15, -0.1) is 22.7 Å². The van der Waals surface area contributed by atoms with Crippen molar-refractivity contribution in [3.8, 4) is 0 Å². The van der Waals surface area contributed by atoms with E-state index in [9.17, 15) is 5.11 Å². The summed E-state index contributed by atoms with van der Waals surface area (Å²) in [5.74, 6) is 0. The molecule has 0 saturated carbocycles. The number of aromatic nitrogens is 2. The van der Waals surface area contributed by atoms with Crippen molar-refractivity contribution in [2.24, 2.45) is 0 Å². The maximum absolute atomic E-state index is 10.3. The van der Waals surface area contributed by atoms with Gasteiger partial charge >= 0.3 is 0 Å². The first-order valence-electron chi connectivity index (χ1n) is 7.54. The molecule has 5 nitrogen and oxygen atoms in total. The Morgan fingerprint density at radius 2 is 1.45 bits per heavy atom. The molecule has 2 aromatic rings. The van der Waals surface area contributed by atoms with Gasteiger partial charge in [0, 0.05) is 48.3 Å². The topological polar surface area (TPSA) is 52.5 Å². The van der Waals surface area contributed by atoms with Crippen molar-refractivity contribution >= 4 is 22.7 Å². The Balaban J connectivity index is 1.57. The molecule has 1 saturated heterocycles. The van der Waals surface area contributed by atoms with E-state index in [4.69, 9.17) is 0 Å². The van der Waals surface area contributed by atoms with Crippen LogP contribution in [-0.2, 0) is 13.1 Å². The number of hydrogen-bond donors (Lipinski definition) is 1. The van der Waals surface area contributed by atoms with Crippen LogP contribution < -0.4 is 0 Å². The third-order valence-corrected chi connectivity index (χ3v) is 5.52. The molecular weight excluding hydrogens is 316 g/mol. The number of aliphatic hydroxyl groups excluding tert-OH is 1. The zero-order valence-corrected chi connectivity index (χ0v) is 14.7. The van der Waals surface area contributed by atoms with Crippen LogP contribution >= 0.6 is 22.7 Å². The van der Waals surface area contributed by atoms with Crippen LogP contribution in [0.3, 0.4) is 0 Å². The molecule has 3 rings (SSSR count). The first-order chi connectivity index (χ1) is 10.6. The second kappa shape index (κ2) is 7.14. The van der Waals surface area contributed by atoms with Crippen molar-refractivity contribution in [2.45, 2.75) is 33.0 Å². The van der Waals surface area contributed by atoms with Crippen molar-refractivity contribution in [2.75, 3.05) is 26.2 Å². The fourth-order valence-electron chi connectivity index (χ4n) is 2.74. The summed E-state index contributed by atoms with van der Waals surface area (Å²) in [5, 5.41) is 12.5. The molecule has 0 aromatic carbocycles. The molecule has 1 aliphatic rings. The fourth-order valence-corrected chi connectivity index (χ4v) is 4.40. The second-order valence-corrected chi connectivity index (χ2v) is 8.49. The summed E-state index contributed by atoms with van der Waals surface area (Å²) in [4.78, 5) is 15.9. The number of hydrogen-bond acceptors (Lipinski definition) is 7. The summed E-state index contributed by atoms with van der Waals surface area (Å²) < 4.78 is 0.